The van der Waals surface area contributed by atoms with Gasteiger partial charge in [-0.2, -0.15) is 0 Å². The minimum absolute atomic E-state index is 0.0291. The highest BCUT2D eigenvalue weighted by atomic mass is 16.6. The minimum Gasteiger partial charge on any atom is -0.493 e. The first-order valence-corrected chi connectivity index (χ1v) is 7.94. The number of nitro benzene ring substituents is 1. The van der Waals surface area contributed by atoms with Crippen LogP contribution in [-0.2, 0) is 9.53 Å². The van der Waals surface area contributed by atoms with E-state index in [0.29, 0.717) is 11.1 Å². The Kier molecular flexibility index (Phi) is 4.89. The zero-order valence-corrected chi connectivity index (χ0v) is 14.9. The maximum Gasteiger partial charge on any atom is 0.363 e. The van der Waals surface area contributed by atoms with Crippen molar-refractivity contribution in [2.24, 2.45) is 4.99 Å². The van der Waals surface area contributed by atoms with E-state index in [9.17, 15) is 14.9 Å². The average Bonchev–Trinajstić information content (AvgIpc) is 3.03. The van der Waals surface area contributed by atoms with Gasteiger partial charge in [0.2, 0.25) is 11.6 Å². The topological polar surface area (TPSA) is 100 Å². The van der Waals surface area contributed by atoms with Gasteiger partial charge < -0.3 is 14.2 Å². The van der Waals surface area contributed by atoms with Crippen LogP contribution in [0, 0.1) is 17.0 Å². The van der Waals surface area contributed by atoms with E-state index in [2.05, 4.69) is 4.99 Å². The van der Waals surface area contributed by atoms with Crippen molar-refractivity contribution in [3.05, 3.63) is 68.9 Å². The number of ether oxygens (including phenoxy) is 3. The number of carbonyl (C=O) groups excluding carboxylic acids is 1. The maximum atomic E-state index is 12.2. The third kappa shape index (κ3) is 3.37. The van der Waals surface area contributed by atoms with Gasteiger partial charge in [-0.25, -0.2) is 9.79 Å². The molecule has 0 spiro atoms. The molecule has 0 aromatic heterocycles. The second-order valence-corrected chi connectivity index (χ2v) is 5.65. The summed E-state index contributed by atoms with van der Waals surface area (Å²) >= 11 is 0. The van der Waals surface area contributed by atoms with Crippen molar-refractivity contribution < 1.29 is 23.9 Å². The fraction of sp³-hybridized carbons (Fsp3) is 0.158. The SMILES string of the molecule is COc1cc(C)c(/C=C2/N=C(c3ccccc3)OC2=O)c([N+](=O)[O-])c1OC. The lowest BCUT2D eigenvalue weighted by Crippen LogP contribution is -2.05. The first kappa shape index (κ1) is 18.1. The quantitative estimate of drug-likeness (QED) is 0.347. The number of esters is 1. The normalized spacial score (nSPS) is 14.7. The van der Waals surface area contributed by atoms with Gasteiger partial charge in [0, 0.05) is 5.56 Å². The summed E-state index contributed by atoms with van der Waals surface area (Å²) in [6.45, 7) is 1.67. The number of benzene rings is 2. The van der Waals surface area contributed by atoms with Gasteiger partial charge in [0.05, 0.1) is 24.7 Å². The highest BCUT2D eigenvalue weighted by molar-refractivity contribution is 6.13. The molecule has 0 N–H and O–H groups in total. The molecule has 0 aliphatic carbocycles. The zero-order chi connectivity index (χ0) is 19.6. The standard InChI is InChI=1S/C19H16N2O6/c1-11-9-15(25-2)17(26-3)16(21(23)24)13(11)10-14-19(22)27-18(20-14)12-7-5-4-6-8-12/h4-10H,1-3H3/b14-10+. The van der Waals surface area contributed by atoms with Crippen LogP contribution in [0.25, 0.3) is 6.08 Å². The third-order valence-electron chi connectivity index (χ3n) is 4.00. The van der Waals surface area contributed by atoms with E-state index >= 15 is 0 Å². The van der Waals surface area contributed by atoms with Gasteiger partial charge in [0.15, 0.2) is 11.4 Å². The molecule has 2 aromatic rings. The Morgan fingerprint density at radius 2 is 1.89 bits per heavy atom. The number of aliphatic imine (C=N–C) groups is 1. The predicted molar refractivity (Wildman–Crippen MR) is 98.0 cm³/mol. The highest BCUT2D eigenvalue weighted by Crippen LogP contribution is 2.42. The molecule has 1 heterocycles. The largest absolute Gasteiger partial charge is 0.493 e. The Balaban J connectivity index is 2.15. The molecule has 0 bridgehead atoms. The van der Waals surface area contributed by atoms with E-state index in [0.717, 1.165) is 0 Å². The number of methoxy groups -OCH3 is 2. The molecule has 8 nitrogen and oxygen atoms in total. The first-order valence-electron chi connectivity index (χ1n) is 7.94. The molecule has 0 radical (unpaired) electrons. The van der Waals surface area contributed by atoms with Crippen LogP contribution in [0.4, 0.5) is 5.69 Å². The molecule has 1 aliphatic rings. The summed E-state index contributed by atoms with van der Waals surface area (Å²) in [6.07, 6.45) is 1.33. The molecular weight excluding hydrogens is 352 g/mol. The van der Waals surface area contributed by atoms with Gasteiger partial charge in [-0.05, 0) is 36.8 Å². The number of aryl methyl sites for hydroxylation is 1. The molecule has 2 aromatic carbocycles. The van der Waals surface area contributed by atoms with Crippen molar-refractivity contribution >= 4 is 23.6 Å². The van der Waals surface area contributed by atoms with Gasteiger partial charge in [-0.1, -0.05) is 18.2 Å². The van der Waals surface area contributed by atoms with Gasteiger partial charge in [-0.3, -0.25) is 10.1 Å². The van der Waals surface area contributed by atoms with Crippen molar-refractivity contribution in [2.75, 3.05) is 14.2 Å². The molecule has 0 atom stereocenters. The summed E-state index contributed by atoms with van der Waals surface area (Å²) in [6, 6.07) is 10.5. The summed E-state index contributed by atoms with van der Waals surface area (Å²) in [5.41, 5.74) is 1.02. The maximum absolute atomic E-state index is 12.2. The molecule has 138 valence electrons. The van der Waals surface area contributed by atoms with Crippen molar-refractivity contribution in [2.45, 2.75) is 6.92 Å². The van der Waals surface area contributed by atoms with Crippen LogP contribution < -0.4 is 9.47 Å². The monoisotopic (exact) mass is 368 g/mol. The second-order valence-electron chi connectivity index (χ2n) is 5.65. The predicted octanol–water partition coefficient (Wildman–Crippen LogP) is 3.26. The molecule has 1 aliphatic heterocycles. The highest BCUT2D eigenvalue weighted by Gasteiger charge is 2.30. The molecule has 0 saturated heterocycles. The first-order chi connectivity index (χ1) is 13.0. The van der Waals surface area contributed by atoms with Gasteiger partial charge in [-0.15, -0.1) is 0 Å². The van der Waals surface area contributed by atoms with Crippen LogP contribution in [0.2, 0.25) is 0 Å². The lowest BCUT2D eigenvalue weighted by Gasteiger charge is -2.12. The van der Waals surface area contributed by atoms with Crippen molar-refractivity contribution in [3.63, 3.8) is 0 Å². The lowest BCUT2D eigenvalue weighted by atomic mass is 10.0. The third-order valence-corrected chi connectivity index (χ3v) is 4.00. The molecule has 0 saturated carbocycles. The minimum atomic E-state index is -0.683. The summed E-state index contributed by atoms with van der Waals surface area (Å²) < 4.78 is 15.5. The molecular formula is C19H16N2O6. The van der Waals surface area contributed by atoms with Gasteiger partial charge >= 0.3 is 11.7 Å². The molecule has 27 heavy (non-hydrogen) atoms. The molecule has 0 fully saturated rings. The van der Waals surface area contributed by atoms with Crippen LogP contribution in [-0.4, -0.2) is 31.0 Å². The number of rotatable bonds is 5. The number of hydrogen-bond donors (Lipinski definition) is 0. The Labute approximate surface area is 154 Å². The number of carbonyl (C=O) groups is 1. The van der Waals surface area contributed by atoms with Crippen LogP contribution in [0.5, 0.6) is 11.5 Å². The number of cyclic esters (lactones) is 1. The smallest absolute Gasteiger partial charge is 0.363 e. The Hall–Kier alpha value is -3.68. The van der Waals surface area contributed by atoms with Gasteiger partial charge in [0.1, 0.15) is 0 Å². The van der Waals surface area contributed by atoms with E-state index < -0.39 is 10.9 Å². The Morgan fingerprint density at radius 3 is 2.48 bits per heavy atom. The fourth-order valence-corrected chi connectivity index (χ4v) is 2.73. The average molecular weight is 368 g/mol. The molecule has 8 heteroatoms. The van der Waals surface area contributed by atoms with E-state index in [1.165, 1.54) is 20.3 Å². The van der Waals surface area contributed by atoms with Crippen molar-refractivity contribution in [1.82, 2.24) is 0 Å². The second kappa shape index (κ2) is 7.28. The summed E-state index contributed by atoms with van der Waals surface area (Å²) in [7, 11) is 2.70. The van der Waals surface area contributed by atoms with Crippen LogP contribution in [0.3, 0.4) is 0 Å². The van der Waals surface area contributed by atoms with Crippen LogP contribution >= 0.6 is 0 Å². The van der Waals surface area contributed by atoms with E-state index in [-0.39, 0.29) is 34.3 Å². The summed E-state index contributed by atoms with van der Waals surface area (Å²) in [4.78, 5) is 27.5. The molecule has 0 unspecified atom stereocenters. The zero-order valence-electron chi connectivity index (χ0n) is 14.9. The van der Waals surface area contributed by atoms with E-state index in [1.807, 2.05) is 6.07 Å². The number of nitrogens with zero attached hydrogens (tertiary/aromatic N) is 2. The van der Waals surface area contributed by atoms with Crippen LogP contribution in [0.15, 0.2) is 47.1 Å². The van der Waals surface area contributed by atoms with Crippen molar-refractivity contribution in [1.29, 1.82) is 0 Å². The number of nitro groups is 1. The van der Waals surface area contributed by atoms with Crippen molar-refractivity contribution in [3.8, 4) is 11.5 Å². The van der Waals surface area contributed by atoms with Gasteiger partial charge in [0.25, 0.3) is 0 Å². The number of hydrogen-bond acceptors (Lipinski definition) is 7. The van der Waals surface area contributed by atoms with Crippen LogP contribution in [0.1, 0.15) is 16.7 Å². The van der Waals surface area contributed by atoms with E-state index in [1.54, 1.807) is 37.3 Å². The summed E-state index contributed by atoms with van der Waals surface area (Å²) in [5, 5.41) is 11.7. The molecule has 3 rings (SSSR count). The molecule has 0 amide bonds. The fourth-order valence-electron chi connectivity index (χ4n) is 2.73. The Morgan fingerprint density at radius 1 is 1.19 bits per heavy atom. The summed E-state index contributed by atoms with van der Waals surface area (Å²) in [5.74, 6) is -0.338. The Bertz CT molecular complexity index is 979. The van der Waals surface area contributed by atoms with E-state index in [4.69, 9.17) is 14.2 Å². The lowest BCUT2D eigenvalue weighted by molar-refractivity contribution is -0.386.